The summed E-state index contributed by atoms with van der Waals surface area (Å²) >= 11 is 1.51. The first-order valence-electron chi connectivity index (χ1n) is 14.2. The van der Waals surface area contributed by atoms with Crippen LogP contribution in [-0.4, -0.2) is 27.9 Å². The van der Waals surface area contributed by atoms with Crippen LogP contribution in [0.3, 0.4) is 0 Å². The van der Waals surface area contributed by atoms with Gasteiger partial charge in [0.05, 0.1) is 18.8 Å². The number of anilines is 1. The molecule has 1 aromatic heterocycles. The van der Waals surface area contributed by atoms with Crippen LogP contribution in [0, 0.1) is 0 Å². The maximum atomic E-state index is 11.7. The van der Waals surface area contributed by atoms with E-state index in [-0.39, 0.29) is 24.7 Å². The highest BCUT2D eigenvalue weighted by Crippen LogP contribution is 2.41. The van der Waals surface area contributed by atoms with Crippen LogP contribution in [0.15, 0.2) is 119 Å². The predicted molar refractivity (Wildman–Crippen MR) is 167 cm³/mol. The molecular formula is C35H32N2O5S. The molecule has 2 heterocycles. The zero-order valence-electron chi connectivity index (χ0n) is 23.7. The number of oxazole rings is 1. The van der Waals surface area contributed by atoms with E-state index in [0.29, 0.717) is 23.1 Å². The van der Waals surface area contributed by atoms with Crippen LogP contribution in [0.25, 0.3) is 22.6 Å². The molecule has 0 bridgehead atoms. The molecule has 1 fully saturated rings. The second-order valence-corrected chi connectivity index (χ2v) is 11.3. The average Bonchev–Trinajstić information content (AvgIpc) is 3.49. The van der Waals surface area contributed by atoms with Crippen molar-refractivity contribution in [2.24, 2.45) is 0 Å². The van der Waals surface area contributed by atoms with Gasteiger partial charge in [0.25, 0.3) is 5.22 Å². The van der Waals surface area contributed by atoms with Crippen LogP contribution in [0.5, 0.6) is 0 Å². The number of carbonyl (C=O) groups excluding carboxylic acids is 1. The fourth-order valence-corrected chi connectivity index (χ4v) is 5.93. The Morgan fingerprint density at radius 1 is 0.884 bits per heavy atom. The lowest BCUT2D eigenvalue weighted by Gasteiger charge is -2.36. The molecule has 43 heavy (non-hydrogen) atoms. The zero-order chi connectivity index (χ0) is 29.6. The molecular weight excluding hydrogens is 560 g/mol. The van der Waals surface area contributed by atoms with E-state index in [0.717, 1.165) is 39.3 Å². The number of nitrogens with zero attached hydrogens (tertiary/aromatic N) is 1. The van der Waals surface area contributed by atoms with Crippen molar-refractivity contribution in [1.29, 1.82) is 0 Å². The zero-order valence-corrected chi connectivity index (χ0v) is 24.5. The lowest BCUT2D eigenvalue weighted by molar-refractivity contribution is -0.245. The van der Waals surface area contributed by atoms with Gasteiger partial charge in [0.15, 0.2) is 12.1 Å². The third-order valence-corrected chi connectivity index (χ3v) is 8.14. The summed E-state index contributed by atoms with van der Waals surface area (Å²) in [6.45, 7) is 1.47. The maximum absolute atomic E-state index is 11.7. The van der Waals surface area contributed by atoms with Crippen LogP contribution in [-0.2, 0) is 20.9 Å². The Balaban J connectivity index is 1.26. The molecule has 8 heteroatoms. The van der Waals surface area contributed by atoms with Crippen LogP contribution in [0.4, 0.5) is 5.69 Å². The SMILES string of the molecule is CC(=O)Nc1cccc([C@H]2O[C@@H](CSc3nc(-c4ccccc4)c(-c4ccccc4)o3)C[C@@H](c3ccc(CO)cc3)O2)c1. The first kappa shape index (κ1) is 28.9. The lowest BCUT2D eigenvalue weighted by Crippen LogP contribution is -2.31. The van der Waals surface area contributed by atoms with Crippen LogP contribution in [0.1, 0.15) is 42.4 Å². The van der Waals surface area contributed by atoms with Gasteiger partial charge in [-0.05, 0) is 23.3 Å². The number of hydrogen-bond acceptors (Lipinski definition) is 7. The number of carbonyl (C=O) groups is 1. The summed E-state index contributed by atoms with van der Waals surface area (Å²) in [5.74, 6) is 1.19. The molecule has 218 valence electrons. The topological polar surface area (TPSA) is 93.8 Å². The third kappa shape index (κ3) is 7.06. The minimum atomic E-state index is -0.639. The van der Waals surface area contributed by atoms with Gasteiger partial charge in [0.1, 0.15) is 5.69 Å². The Hall–Kier alpha value is -4.21. The van der Waals surface area contributed by atoms with Crippen molar-refractivity contribution < 1.29 is 23.8 Å². The average molecular weight is 593 g/mol. The molecule has 0 aliphatic carbocycles. The van der Waals surface area contributed by atoms with Crippen molar-refractivity contribution in [2.45, 2.75) is 43.7 Å². The summed E-state index contributed by atoms with van der Waals surface area (Å²) in [5, 5.41) is 12.9. The molecule has 0 saturated carbocycles. The summed E-state index contributed by atoms with van der Waals surface area (Å²) in [6, 6.07) is 35.4. The van der Waals surface area contributed by atoms with Crippen LogP contribution < -0.4 is 5.32 Å². The van der Waals surface area contributed by atoms with Gasteiger partial charge in [0.2, 0.25) is 5.91 Å². The molecule has 1 aliphatic heterocycles. The molecule has 0 radical (unpaired) electrons. The van der Waals surface area contributed by atoms with Crippen molar-refractivity contribution in [3.8, 4) is 22.6 Å². The molecule has 2 N–H and O–H groups in total. The molecule has 4 aromatic carbocycles. The predicted octanol–water partition coefficient (Wildman–Crippen LogP) is 7.80. The molecule has 5 aromatic rings. The van der Waals surface area contributed by atoms with E-state index in [1.807, 2.05) is 109 Å². The van der Waals surface area contributed by atoms with E-state index in [1.54, 1.807) is 0 Å². The number of rotatable bonds is 9. The Morgan fingerprint density at radius 3 is 2.30 bits per heavy atom. The number of ether oxygens (including phenoxy) is 2. The number of benzene rings is 4. The molecule has 1 aliphatic rings. The minimum absolute atomic E-state index is 0.0150. The van der Waals surface area contributed by atoms with E-state index in [1.165, 1.54) is 18.7 Å². The van der Waals surface area contributed by atoms with Gasteiger partial charge in [-0.15, -0.1) is 0 Å². The number of aliphatic hydroxyl groups is 1. The summed E-state index contributed by atoms with van der Waals surface area (Å²) < 4.78 is 19.3. The monoisotopic (exact) mass is 592 g/mol. The number of aliphatic hydroxyl groups excluding tert-OH is 1. The first-order chi connectivity index (χ1) is 21.1. The molecule has 1 amide bonds. The minimum Gasteiger partial charge on any atom is -0.431 e. The fourth-order valence-electron chi connectivity index (χ4n) is 5.09. The van der Waals surface area contributed by atoms with Gasteiger partial charge < -0.3 is 24.3 Å². The largest absolute Gasteiger partial charge is 0.431 e. The van der Waals surface area contributed by atoms with Gasteiger partial charge in [-0.1, -0.05) is 109 Å². The number of thioether (sulfide) groups is 1. The van der Waals surface area contributed by atoms with E-state index in [2.05, 4.69) is 5.32 Å². The van der Waals surface area contributed by atoms with Gasteiger partial charge >= 0.3 is 0 Å². The third-order valence-electron chi connectivity index (χ3n) is 7.18. The number of amides is 1. The van der Waals surface area contributed by atoms with Crippen LogP contribution in [0.2, 0.25) is 0 Å². The summed E-state index contributed by atoms with van der Waals surface area (Å²) in [5.41, 5.74) is 6.10. The Bertz CT molecular complexity index is 1600. The van der Waals surface area contributed by atoms with Crippen molar-refractivity contribution in [3.05, 3.63) is 126 Å². The Kier molecular flexibility index (Phi) is 9.00. The normalized spacial score (nSPS) is 18.3. The van der Waals surface area contributed by atoms with Gasteiger partial charge in [0, 0.05) is 41.5 Å². The standard InChI is InChI=1S/C35H32N2O5S/c1-23(39)36-29-14-8-13-28(19-29)34-40-30(20-31(41-34)25-17-15-24(21-38)16-18-25)22-43-35-37-32(26-9-4-2-5-10-26)33(42-35)27-11-6-3-7-12-27/h2-19,30-31,34,38H,20-22H2,1H3,(H,36,39)/t30-,31+,34+/m1/s1. The summed E-state index contributed by atoms with van der Waals surface area (Å²) in [7, 11) is 0. The van der Waals surface area contributed by atoms with Gasteiger partial charge in [-0.3, -0.25) is 4.79 Å². The van der Waals surface area contributed by atoms with Gasteiger partial charge in [-0.25, -0.2) is 4.98 Å². The molecule has 7 nitrogen and oxygen atoms in total. The molecule has 6 rings (SSSR count). The number of hydrogen-bond donors (Lipinski definition) is 2. The summed E-state index contributed by atoms with van der Waals surface area (Å²) in [6.07, 6.45) is -0.417. The fraction of sp³-hybridized carbons (Fsp3) is 0.200. The van der Waals surface area contributed by atoms with Crippen molar-refractivity contribution in [2.75, 3.05) is 11.1 Å². The Morgan fingerprint density at radius 2 is 1.60 bits per heavy atom. The van der Waals surface area contributed by atoms with E-state index in [4.69, 9.17) is 18.9 Å². The van der Waals surface area contributed by atoms with Gasteiger partial charge in [-0.2, -0.15) is 0 Å². The van der Waals surface area contributed by atoms with Crippen molar-refractivity contribution in [3.63, 3.8) is 0 Å². The summed E-state index contributed by atoms with van der Waals surface area (Å²) in [4.78, 5) is 16.6. The first-order valence-corrected chi connectivity index (χ1v) is 15.2. The van der Waals surface area contributed by atoms with E-state index >= 15 is 0 Å². The Labute approximate surface area is 254 Å². The molecule has 0 unspecified atom stereocenters. The molecule has 0 spiro atoms. The highest BCUT2D eigenvalue weighted by atomic mass is 32.2. The lowest BCUT2D eigenvalue weighted by atomic mass is 10.0. The highest BCUT2D eigenvalue weighted by Gasteiger charge is 2.33. The highest BCUT2D eigenvalue weighted by molar-refractivity contribution is 7.99. The number of aromatic nitrogens is 1. The second kappa shape index (κ2) is 13.4. The second-order valence-electron chi connectivity index (χ2n) is 10.4. The maximum Gasteiger partial charge on any atom is 0.256 e. The molecule has 1 saturated heterocycles. The van der Waals surface area contributed by atoms with Crippen LogP contribution >= 0.6 is 11.8 Å². The number of nitrogens with one attached hydrogen (secondary N) is 1. The van der Waals surface area contributed by atoms with E-state index < -0.39 is 6.29 Å². The smallest absolute Gasteiger partial charge is 0.256 e. The van der Waals surface area contributed by atoms with E-state index in [9.17, 15) is 9.90 Å². The molecule has 3 atom stereocenters. The van der Waals surface area contributed by atoms with Crippen molar-refractivity contribution in [1.82, 2.24) is 4.98 Å². The van der Waals surface area contributed by atoms with Crippen molar-refractivity contribution >= 4 is 23.4 Å². The quantitative estimate of drug-likeness (QED) is 0.169.